The lowest BCUT2D eigenvalue weighted by molar-refractivity contribution is -0.123. The number of nitrogens with one attached hydrogen (secondary N) is 1. The van der Waals surface area contributed by atoms with Gasteiger partial charge in [-0.3, -0.25) is 4.79 Å². The van der Waals surface area contributed by atoms with E-state index in [0.717, 1.165) is 13.0 Å². The molecule has 0 aromatic heterocycles. The number of rotatable bonds is 6. The lowest BCUT2D eigenvalue weighted by atomic mass is 9.92. The maximum absolute atomic E-state index is 11.7. The predicted octanol–water partition coefficient (Wildman–Crippen LogP) is 1.91. The van der Waals surface area contributed by atoms with Gasteiger partial charge in [0.25, 0.3) is 0 Å². The molecule has 3 heteroatoms. The second-order valence-corrected chi connectivity index (χ2v) is 5.97. The number of hydrogen-bond acceptors (Lipinski definition) is 2. The highest BCUT2D eigenvalue weighted by Crippen LogP contribution is 2.51. The summed E-state index contributed by atoms with van der Waals surface area (Å²) in [5.41, 5.74) is 6.20. The second kappa shape index (κ2) is 5.17. The van der Waals surface area contributed by atoms with Crippen LogP contribution in [0, 0.1) is 17.3 Å². The van der Waals surface area contributed by atoms with Gasteiger partial charge in [0, 0.05) is 6.54 Å². The van der Waals surface area contributed by atoms with E-state index in [1.54, 1.807) is 0 Å². The molecule has 1 aliphatic rings. The number of carbonyl (C=O) groups excluding carboxylic acids is 1. The molecule has 1 atom stereocenters. The molecule has 0 spiro atoms. The van der Waals surface area contributed by atoms with Crippen LogP contribution in [-0.4, -0.2) is 18.5 Å². The fourth-order valence-corrected chi connectivity index (χ4v) is 2.13. The smallest absolute Gasteiger partial charge is 0.236 e. The van der Waals surface area contributed by atoms with Crippen molar-refractivity contribution >= 4 is 5.91 Å². The van der Waals surface area contributed by atoms with Crippen LogP contribution in [0.25, 0.3) is 0 Å². The lowest BCUT2D eigenvalue weighted by Crippen LogP contribution is -2.44. The summed E-state index contributed by atoms with van der Waals surface area (Å²) < 4.78 is 0. The van der Waals surface area contributed by atoms with Gasteiger partial charge in [-0.05, 0) is 36.5 Å². The van der Waals surface area contributed by atoms with E-state index in [-0.39, 0.29) is 11.9 Å². The Morgan fingerprint density at radius 2 is 1.88 bits per heavy atom. The van der Waals surface area contributed by atoms with Crippen molar-refractivity contribution in [1.29, 1.82) is 0 Å². The molecule has 1 aliphatic carbocycles. The van der Waals surface area contributed by atoms with Crippen molar-refractivity contribution in [3.8, 4) is 0 Å². The average molecular weight is 226 g/mol. The highest BCUT2D eigenvalue weighted by molar-refractivity contribution is 5.81. The monoisotopic (exact) mass is 226 g/mol. The normalized spacial score (nSPS) is 19.9. The topological polar surface area (TPSA) is 55.1 Å². The molecule has 1 rings (SSSR count). The van der Waals surface area contributed by atoms with E-state index in [4.69, 9.17) is 5.73 Å². The summed E-state index contributed by atoms with van der Waals surface area (Å²) in [7, 11) is 0. The Hall–Kier alpha value is -0.570. The number of amides is 1. The standard InChI is InChI=1S/C13H26N2O/c1-9(2)7-11(14)12(16)15-8-13(5-6-13)10(3)4/h9-11H,5-8,14H2,1-4H3,(H,15,16)/t11-/m0/s1. The molecule has 3 N–H and O–H groups in total. The Labute approximate surface area is 99.2 Å². The minimum atomic E-state index is -0.344. The molecular weight excluding hydrogens is 200 g/mol. The molecule has 0 radical (unpaired) electrons. The maximum atomic E-state index is 11.7. The van der Waals surface area contributed by atoms with E-state index >= 15 is 0 Å². The number of nitrogens with two attached hydrogens (primary N) is 1. The fraction of sp³-hybridized carbons (Fsp3) is 0.923. The summed E-state index contributed by atoms with van der Waals surface area (Å²) in [6.45, 7) is 9.43. The minimum absolute atomic E-state index is 0.0145. The maximum Gasteiger partial charge on any atom is 0.236 e. The SMILES string of the molecule is CC(C)C[C@H](N)C(=O)NCC1(C(C)C)CC1. The van der Waals surface area contributed by atoms with E-state index in [1.165, 1.54) is 12.8 Å². The molecule has 0 aromatic carbocycles. The van der Waals surface area contributed by atoms with Gasteiger partial charge in [0.15, 0.2) is 0 Å². The molecule has 0 unspecified atom stereocenters. The summed E-state index contributed by atoms with van der Waals surface area (Å²) in [6, 6.07) is -0.344. The van der Waals surface area contributed by atoms with Gasteiger partial charge in [0.2, 0.25) is 5.91 Å². The first kappa shape index (κ1) is 13.5. The van der Waals surface area contributed by atoms with E-state index in [9.17, 15) is 4.79 Å². The molecule has 1 fully saturated rings. The first-order valence-electron chi connectivity index (χ1n) is 6.40. The van der Waals surface area contributed by atoms with Gasteiger partial charge in [-0.1, -0.05) is 27.7 Å². The van der Waals surface area contributed by atoms with Crippen LogP contribution in [0.5, 0.6) is 0 Å². The van der Waals surface area contributed by atoms with Crippen LogP contribution in [0.4, 0.5) is 0 Å². The molecule has 3 nitrogen and oxygen atoms in total. The van der Waals surface area contributed by atoms with Crippen molar-refractivity contribution in [2.75, 3.05) is 6.54 Å². The number of hydrogen-bond donors (Lipinski definition) is 2. The third-order valence-electron chi connectivity index (χ3n) is 3.79. The van der Waals surface area contributed by atoms with E-state index in [2.05, 4.69) is 33.0 Å². The third kappa shape index (κ3) is 3.48. The molecule has 16 heavy (non-hydrogen) atoms. The third-order valence-corrected chi connectivity index (χ3v) is 3.79. The van der Waals surface area contributed by atoms with Crippen LogP contribution >= 0.6 is 0 Å². The highest BCUT2D eigenvalue weighted by atomic mass is 16.2. The Balaban J connectivity index is 2.30. The highest BCUT2D eigenvalue weighted by Gasteiger charge is 2.45. The zero-order chi connectivity index (χ0) is 12.3. The van der Waals surface area contributed by atoms with Crippen molar-refractivity contribution in [3.63, 3.8) is 0 Å². The summed E-state index contributed by atoms with van der Waals surface area (Å²) in [5, 5.41) is 3.01. The first-order valence-corrected chi connectivity index (χ1v) is 6.40. The van der Waals surface area contributed by atoms with Crippen LogP contribution in [0.15, 0.2) is 0 Å². The molecule has 0 saturated heterocycles. The van der Waals surface area contributed by atoms with Gasteiger partial charge in [-0.2, -0.15) is 0 Å². The van der Waals surface area contributed by atoms with Crippen molar-refractivity contribution in [2.24, 2.45) is 23.0 Å². The van der Waals surface area contributed by atoms with Gasteiger partial charge in [0.1, 0.15) is 0 Å². The van der Waals surface area contributed by atoms with Crippen LogP contribution in [0.2, 0.25) is 0 Å². The van der Waals surface area contributed by atoms with Gasteiger partial charge in [-0.15, -0.1) is 0 Å². The zero-order valence-corrected chi connectivity index (χ0v) is 11.0. The van der Waals surface area contributed by atoms with Crippen LogP contribution in [0.1, 0.15) is 47.0 Å². The van der Waals surface area contributed by atoms with Crippen molar-refractivity contribution in [3.05, 3.63) is 0 Å². The molecule has 1 amide bonds. The van der Waals surface area contributed by atoms with Crippen molar-refractivity contribution in [2.45, 2.75) is 53.0 Å². The molecule has 0 aliphatic heterocycles. The minimum Gasteiger partial charge on any atom is -0.354 e. The lowest BCUT2D eigenvalue weighted by Gasteiger charge is -2.21. The molecule has 0 heterocycles. The zero-order valence-electron chi connectivity index (χ0n) is 11.0. The van der Waals surface area contributed by atoms with Crippen LogP contribution in [0.3, 0.4) is 0 Å². The molecule has 94 valence electrons. The average Bonchev–Trinajstić information content (AvgIpc) is 2.93. The molecule has 0 bridgehead atoms. The van der Waals surface area contributed by atoms with Gasteiger partial charge in [0.05, 0.1) is 6.04 Å². The van der Waals surface area contributed by atoms with Crippen molar-refractivity contribution in [1.82, 2.24) is 5.32 Å². The Morgan fingerprint density at radius 3 is 2.25 bits per heavy atom. The summed E-state index contributed by atoms with van der Waals surface area (Å²) in [6.07, 6.45) is 3.25. The summed E-state index contributed by atoms with van der Waals surface area (Å²) in [5.74, 6) is 1.13. The fourth-order valence-electron chi connectivity index (χ4n) is 2.13. The van der Waals surface area contributed by atoms with Crippen LogP contribution in [-0.2, 0) is 4.79 Å². The quantitative estimate of drug-likeness (QED) is 0.727. The van der Waals surface area contributed by atoms with E-state index in [1.807, 2.05) is 0 Å². The predicted molar refractivity (Wildman–Crippen MR) is 66.9 cm³/mol. The first-order chi connectivity index (χ1) is 7.37. The Bertz CT molecular complexity index is 244. The Morgan fingerprint density at radius 1 is 1.31 bits per heavy atom. The van der Waals surface area contributed by atoms with E-state index < -0.39 is 0 Å². The number of carbonyl (C=O) groups is 1. The summed E-state index contributed by atoms with van der Waals surface area (Å²) >= 11 is 0. The van der Waals surface area contributed by atoms with Crippen LogP contribution < -0.4 is 11.1 Å². The second-order valence-electron chi connectivity index (χ2n) is 5.97. The molecular formula is C13H26N2O. The van der Waals surface area contributed by atoms with Gasteiger partial charge >= 0.3 is 0 Å². The molecule has 0 aromatic rings. The van der Waals surface area contributed by atoms with Gasteiger partial charge in [-0.25, -0.2) is 0 Å². The van der Waals surface area contributed by atoms with E-state index in [0.29, 0.717) is 17.3 Å². The largest absolute Gasteiger partial charge is 0.354 e. The molecule has 1 saturated carbocycles. The van der Waals surface area contributed by atoms with Crippen molar-refractivity contribution < 1.29 is 4.79 Å². The summed E-state index contributed by atoms with van der Waals surface area (Å²) in [4.78, 5) is 11.7. The Kier molecular flexibility index (Phi) is 4.36. The van der Waals surface area contributed by atoms with Gasteiger partial charge < -0.3 is 11.1 Å².